The number of hydrogen-bond donors (Lipinski definition) is 2. The van der Waals surface area contributed by atoms with Crippen molar-refractivity contribution in [3.63, 3.8) is 0 Å². The van der Waals surface area contributed by atoms with Gasteiger partial charge in [-0.3, -0.25) is 4.79 Å². The van der Waals surface area contributed by atoms with E-state index in [1.165, 1.54) is 5.56 Å². The number of ether oxygens (including phenoxy) is 1. The van der Waals surface area contributed by atoms with Gasteiger partial charge in [-0.25, -0.2) is 0 Å². The molecule has 2 rings (SSSR count). The molecule has 2 aromatic carbocycles. The van der Waals surface area contributed by atoms with E-state index >= 15 is 0 Å². The van der Waals surface area contributed by atoms with E-state index in [1.54, 1.807) is 7.11 Å². The Kier molecular flexibility index (Phi) is 7.09. The fourth-order valence-electron chi connectivity index (χ4n) is 2.32. The van der Waals surface area contributed by atoms with Crippen molar-refractivity contribution in [1.82, 2.24) is 10.6 Å². The molecule has 0 aromatic heterocycles. The molecule has 4 nitrogen and oxygen atoms in total. The molecule has 0 fully saturated rings. The normalized spacial score (nSPS) is 11.8. The molecule has 0 unspecified atom stereocenters. The second-order valence-corrected chi connectivity index (χ2v) is 6.04. The van der Waals surface area contributed by atoms with E-state index < -0.39 is 0 Å². The number of methoxy groups -OCH3 is 1. The van der Waals surface area contributed by atoms with Crippen LogP contribution in [0, 0.1) is 0 Å². The van der Waals surface area contributed by atoms with Crippen LogP contribution < -0.4 is 15.4 Å². The zero-order chi connectivity index (χ0) is 17.4. The molecule has 0 aliphatic heterocycles. The maximum Gasteiger partial charge on any atom is 0.233 e. The van der Waals surface area contributed by atoms with Crippen LogP contribution in [0.2, 0.25) is 5.02 Å². The summed E-state index contributed by atoms with van der Waals surface area (Å²) in [5, 5.41) is 6.84. The third-order valence-electron chi connectivity index (χ3n) is 3.83. The Hall–Kier alpha value is -2.04. The first kappa shape index (κ1) is 18.3. The summed E-state index contributed by atoms with van der Waals surface area (Å²) in [7, 11) is 1.65. The molecule has 2 N–H and O–H groups in total. The smallest absolute Gasteiger partial charge is 0.233 e. The molecule has 0 heterocycles. The third kappa shape index (κ3) is 5.87. The molecule has 0 saturated carbocycles. The molecule has 0 bridgehead atoms. The summed E-state index contributed by atoms with van der Waals surface area (Å²) in [5.41, 5.74) is 2.27. The molecule has 24 heavy (non-hydrogen) atoms. The summed E-state index contributed by atoms with van der Waals surface area (Å²) in [6, 6.07) is 15.6. The molecule has 1 amide bonds. The maximum absolute atomic E-state index is 11.9. The highest BCUT2D eigenvalue weighted by Gasteiger charge is 2.07. The Morgan fingerprint density at radius 3 is 2.42 bits per heavy atom. The Morgan fingerprint density at radius 1 is 1.12 bits per heavy atom. The minimum absolute atomic E-state index is 0.00988. The van der Waals surface area contributed by atoms with Crippen molar-refractivity contribution < 1.29 is 9.53 Å². The van der Waals surface area contributed by atoms with E-state index in [9.17, 15) is 4.79 Å². The van der Waals surface area contributed by atoms with Crippen LogP contribution >= 0.6 is 11.6 Å². The first-order chi connectivity index (χ1) is 11.6. The topological polar surface area (TPSA) is 50.4 Å². The number of amides is 1. The summed E-state index contributed by atoms with van der Waals surface area (Å²) in [5.74, 6) is 0.826. The highest BCUT2D eigenvalue weighted by Crippen LogP contribution is 2.15. The molecule has 0 spiro atoms. The van der Waals surface area contributed by atoms with E-state index in [-0.39, 0.29) is 18.5 Å². The second-order valence-electron chi connectivity index (χ2n) is 5.60. The number of carbonyl (C=O) groups is 1. The molecule has 5 heteroatoms. The van der Waals surface area contributed by atoms with Crippen LogP contribution in [0.5, 0.6) is 5.75 Å². The minimum Gasteiger partial charge on any atom is -0.497 e. The minimum atomic E-state index is -0.00988. The maximum atomic E-state index is 11.9. The van der Waals surface area contributed by atoms with Gasteiger partial charge in [-0.15, -0.1) is 0 Å². The lowest BCUT2D eigenvalue weighted by Crippen LogP contribution is -2.36. The molecule has 1 atom stereocenters. The summed E-state index contributed by atoms with van der Waals surface area (Å²) in [6.45, 7) is 2.92. The Labute approximate surface area is 148 Å². The van der Waals surface area contributed by atoms with Gasteiger partial charge in [0, 0.05) is 17.6 Å². The van der Waals surface area contributed by atoms with Crippen molar-refractivity contribution in [2.24, 2.45) is 0 Å². The Morgan fingerprint density at radius 2 is 1.79 bits per heavy atom. The van der Waals surface area contributed by atoms with Gasteiger partial charge in [0.25, 0.3) is 0 Å². The third-order valence-corrected chi connectivity index (χ3v) is 4.09. The predicted molar refractivity (Wildman–Crippen MR) is 97.6 cm³/mol. The first-order valence-corrected chi connectivity index (χ1v) is 8.35. The highest BCUT2D eigenvalue weighted by molar-refractivity contribution is 6.30. The molecule has 128 valence electrons. The number of hydrogen-bond acceptors (Lipinski definition) is 3. The van der Waals surface area contributed by atoms with Crippen LogP contribution in [0.3, 0.4) is 0 Å². The standard InChI is InChI=1S/C19H23ClN2O2/c1-14(16-5-7-17(20)8-6-16)22-13-19(23)21-12-11-15-3-9-18(24-2)10-4-15/h3-10,14,22H,11-13H2,1-2H3,(H,21,23)/t14-/m1/s1. The monoisotopic (exact) mass is 346 g/mol. The molecule has 2 aromatic rings. The van der Waals surface area contributed by atoms with Gasteiger partial charge >= 0.3 is 0 Å². The SMILES string of the molecule is COc1ccc(CCNC(=O)CN[C@H](C)c2ccc(Cl)cc2)cc1. The lowest BCUT2D eigenvalue weighted by molar-refractivity contribution is -0.120. The van der Waals surface area contributed by atoms with Gasteiger partial charge < -0.3 is 15.4 Å². The van der Waals surface area contributed by atoms with Crippen LogP contribution in [0.1, 0.15) is 24.1 Å². The predicted octanol–water partition coefficient (Wildman–Crippen LogP) is 3.36. The van der Waals surface area contributed by atoms with Crippen LogP contribution in [-0.2, 0) is 11.2 Å². The highest BCUT2D eigenvalue weighted by atomic mass is 35.5. The zero-order valence-corrected chi connectivity index (χ0v) is 14.8. The van der Waals surface area contributed by atoms with Crippen LogP contribution in [0.25, 0.3) is 0 Å². The van der Waals surface area contributed by atoms with Crippen molar-refractivity contribution in [3.8, 4) is 5.75 Å². The molecular formula is C19H23ClN2O2. The van der Waals surface area contributed by atoms with Crippen molar-refractivity contribution in [3.05, 3.63) is 64.7 Å². The lowest BCUT2D eigenvalue weighted by Gasteiger charge is -2.14. The fourth-order valence-corrected chi connectivity index (χ4v) is 2.44. The summed E-state index contributed by atoms with van der Waals surface area (Å²) in [4.78, 5) is 11.9. The van der Waals surface area contributed by atoms with Crippen molar-refractivity contribution in [2.75, 3.05) is 20.2 Å². The number of rotatable bonds is 8. The number of halogens is 1. The van der Waals surface area contributed by atoms with E-state index in [2.05, 4.69) is 10.6 Å². The van der Waals surface area contributed by atoms with Gasteiger partial charge in [0.05, 0.1) is 13.7 Å². The van der Waals surface area contributed by atoms with Gasteiger partial charge in [-0.05, 0) is 48.7 Å². The van der Waals surface area contributed by atoms with E-state index in [4.69, 9.17) is 16.3 Å². The quantitative estimate of drug-likeness (QED) is 0.770. The second kappa shape index (κ2) is 9.30. The Bertz CT molecular complexity index is 641. The number of benzene rings is 2. The molecule has 0 aliphatic rings. The van der Waals surface area contributed by atoms with E-state index in [1.807, 2.05) is 55.5 Å². The fraction of sp³-hybridized carbons (Fsp3) is 0.316. The van der Waals surface area contributed by atoms with Gasteiger partial charge in [-0.1, -0.05) is 35.9 Å². The first-order valence-electron chi connectivity index (χ1n) is 7.97. The van der Waals surface area contributed by atoms with Gasteiger partial charge in [0.1, 0.15) is 5.75 Å². The molecule has 0 aliphatic carbocycles. The van der Waals surface area contributed by atoms with Gasteiger partial charge in [0.2, 0.25) is 5.91 Å². The van der Waals surface area contributed by atoms with Crippen LogP contribution in [0.15, 0.2) is 48.5 Å². The Balaban J connectivity index is 1.68. The van der Waals surface area contributed by atoms with Crippen LogP contribution in [-0.4, -0.2) is 26.1 Å². The average molecular weight is 347 g/mol. The van der Waals surface area contributed by atoms with Crippen molar-refractivity contribution in [1.29, 1.82) is 0 Å². The average Bonchev–Trinajstić information content (AvgIpc) is 2.61. The van der Waals surface area contributed by atoms with Crippen molar-refractivity contribution in [2.45, 2.75) is 19.4 Å². The largest absolute Gasteiger partial charge is 0.497 e. The van der Waals surface area contributed by atoms with Gasteiger partial charge in [-0.2, -0.15) is 0 Å². The van der Waals surface area contributed by atoms with E-state index in [0.717, 1.165) is 17.7 Å². The molecule has 0 radical (unpaired) electrons. The lowest BCUT2D eigenvalue weighted by atomic mass is 10.1. The van der Waals surface area contributed by atoms with E-state index in [0.29, 0.717) is 11.6 Å². The molecule has 0 saturated heterocycles. The molecular weight excluding hydrogens is 324 g/mol. The summed E-state index contributed by atoms with van der Waals surface area (Å²) < 4.78 is 5.12. The van der Waals surface area contributed by atoms with Crippen molar-refractivity contribution >= 4 is 17.5 Å². The van der Waals surface area contributed by atoms with Crippen LogP contribution in [0.4, 0.5) is 0 Å². The number of carbonyl (C=O) groups excluding carboxylic acids is 1. The van der Waals surface area contributed by atoms with Gasteiger partial charge in [0.15, 0.2) is 0 Å². The zero-order valence-electron chi connectivity index (χ0n) is 14.0. The number of nitrogens with one attached hydrogen (secondary N) is 2. The summed E-state index contributed by atoms with van der Waals surface area (Å²) >= 11 is 5.88. The summed E-state index contributed by atoms with van der Waals surface area (Å²) in [6.07, 6.45) is 0.794.